The van der Waals surface area contributed by atoms with E-state index in [9.17, 15) is 14.9 Å². The van der Waals surface area contributed by atoms with Crippen molar-refractivity contribution in [3.8, 4) is 5.75 Å². The van der Waals surface area contributed by atoms with Gasteiger partial charge in [-0.15, -0.1) is 0 Å². The quantitative estimate of drug-likeness (QED) is 0.684. The summed E-state index contributed by atoms with van der Waals surface area (Å²) in [6.45, 7) is 7.18. The molecule has 0 saturated heterocycles. The number of halogens is 1. The maximum atomic E-state index is 11.8. The molecule has 0 spiro atoms. The van der Waals surface area contributed by atoms with Crippen LogP contribution in [0, 0.1) is 10.1 Å². The highest BCUT2D eigenvalue weighted by Crippen LogP contribution is 2.28. The summed E-state index contributed by atoms with van der Waals surface area (Å²) in [5.74, 6) is 0.0316. The Bertz CT molecular complexity index is 526. The van der Waals surface area contributed by atoms with E-state index < -0.39 is 11.0 Å². The van der Waals surface area contributed by atoms with Crippen LogP contribution in [0.4, 0.5) is 5.69 Å². The first kappa shape index (κ1) is 16.2. The molecule has 0 fully saturated rings. The summed E-state index contributed by atoms with van der Waals surface area (Å²) >= 11 is 5.77. The van der Waals surface area contributed by atoms with Gasteiger partial charge in [-0.2, -0.15) is 0 Å². The first-order chi connectivity index (χ1) is 9.10. The lowest BCUT2D eigenvalue weighted by molar-refractivity contribution is -0.384. The number of benzene rings is 1. The number of hydrogen-bond acceptors (Lipinski definition) is 4. The molecule has 1 aromatic rings. The Morgan fingerprint density at radius 3 is 2.50 bits per heavy atom. The molecule has 0 bridgehead atoms. The highest BCUT2D eigenvalue weighted by Gasteiger charge is 2.21. The van der Waals surface area contributed by atoms with Gasteiger partial charge in [0.15, 0.2) is 6.10 Å². The number of ether oxygens (including phenoxy) is 1. The van der Waals surface area contributed by atoms with Gasteiger partial charge in [0, 0.05) is 17.7 Å². The van der Waals surface area contributed by atoms with E-state index in [1.54, 1.807) is 6.92 Å². The standard InChI is InChI=1S/C13H17ClN2O4/c1-8(12(17)15-13(2,3)4)20-9-5-6-11(16(18)19)10(14)7-9/h5-8H,1-4H3,(H,15,17). The molecule has 1 amide bonds. The molecule has 7 heteroatoms. The zero-order chi connectivity index (χ0) is 15.5. The molecule has 0 heterocycles. The summed E-state index contributed by atoms with van der Waals surface area (Å²) in [6, 6.07) is 3.97. The molecule has 20 heavy (non-hydrogen) atoms. The Morgan fingerprint density at radius 1 is 1.45 bits per heavy atom. The average molecular weight is 301 g/mol. The van der Waals surface area contributed by atoms with Gasteiger partial charge in [0.1, 0.15) is 10.8 Å². The van der Waals surface area contributed by atoms with Crippen LogP contribution >= 0.6 is 11.6 Å². The largest absolute Gasteiger partial charge is 0.481 e. The molecule has 1 unspecified atom stereocenters. The van der Waals surface area contributed by atoms with Gasteiger partial charge in [0.05, 0.1) is 4.92 Å². The van der Waals surface area contributed by atoms with Gasteiger partial charge in [0.25, 0.3) is 11.6 Å². The van der Waals surface area contributed by atoms with Crippen LogP contribution in [0.3, 0.4) is 0 Å². The number of nitro benzene ring substituents is 1. The molecular weight excluding hydrogens is 284 g/mol. The second-order valence-corrected chi connectivity index (χ2v) is 5.78. The van der Waals surface area contributed by atoms with Crippen LogP contribution in [0.25, 0.3) is 0 Å². The molecule has 0 saturated carbocycles. The zero-order valence-corrected chi connectivity index (χ0v) is 12.5. The maximum absolute atomic E-state index is 11.8. The molecule has 0 aliphatic heterocycles. The Labute approximate surface area is 122 Å². The van der Waals surface area contributed by atoms with Gasteiger partial charge in [0.2, 0.25) is 0 Å². The highest BCUT2D eigenvalue weighted by atomic mass is 35.5. The van der Waals surface area contributed by atoms with E-state index in [-0.39, 0.29) is 22.2 Å². The summed E-state index contributed by atoms with van der Waals surface area (Å²) in [7, 11) is 0. The third-order valence-corrected chi connectivity index (χ3v) is 2.60. The van der Waals surface area contributed by atoms with E-state index >= 15 is 0 Å². The van der Waals surface area contributed by atoms with Gasteiger partial charge in [-0.25, -0.2) is 0 Å². The van der Waals surface area contributed by atoms with Crippen LogP contribution in [0.2, 0.25) is 5.02 Å². The molecule has 0 aromatic heterocycles. The third-order valence-electron chi connectivity index (χ3n) is 2.30. The molecule has 0 radical (unpaired) electrons. The van der Waals surface area contributed by atoms with Crippen molar-refractivity contribution in [2.45, 2.75) is 39.3 Å². The second kappa shape index (κ2) is 6.09. The molecule has 1 atom stereocenters. The highest BCUT2D eigenvalue weighted by molar-refractivity contribution is 6.32. The predicted molar refractivity (Wildman–Crippen MR) is 76.1 cm³/mol. The number of rotatable bonds is 4. The van der Waals surface area contributed by atoms with E-state index in [4.69, 9.17) is 16.3 Å². The van der Waals surface area contributed by atoms with Crippen molar-refractivity contribution >= 4 is 23.2 Å². The molecule has 6 nitrogen and oxygen atoms in total. The molecule has 0 aliphatic rings. The SMILES string of the molecule is CC(Oc1ccc([N+](=O)[O-])c(Cl)c1)C(=O)NC(C)(C)C. The lowest BCUT2D eigenvalue weighted by Gasteiger charge is -2.23. The second-order valence-electron chi connectivity index (χ2n) is 5.37. The number of hydrogen-bond donors (Lipinski definition) is 1. The Balaban J connectivity index is 2.76. The van der Waals surface area contributed by atoms with Crippen molar-refractivity contribution in [2.24, 2.45) is 0 Å². The molecule has 1 N–H and O–H groups in total. The van der Waals surface area contributed by atoms with E-state index in [2.05, 4.69) is 5.32 Å². The normalized spacial score (nSPS) is 12.7. The van der Waals surface area contributed by atoms with Crippen LogP contribution < -0.4 is 10.1 Å². The summed E-state index contributed by atoms with van der Waals surface area (Å²) in [5, 5.41) is 13.4. The molecule has 1 rings (SSSR count). The van der Waals surface area contributed by atoms with Crippen LogP contribution in [-0.4, -0.2) is 22.5 Å². The maximum Gasteiger partial charge on any atom is 0.288 e. The summed E-state index contributed by atoms with van der Waals surface area (Å²) < 4.78 is 5.42. The van der Waals surface area contributed by atoms with E-state index in [1.165, 1.54) is 18.2 Å². The van der Waals surface area contributed by atoms with Crippen molar-refractivity contribution in [1.29, 1.82) is 0 Å². The number of nitrogens with one attached hydrogen (secondary N) is 1. The first-order valence-electron chi connectivity index (χ1n) is 6.03. The topological polar surface area (TPSA) is 81.5 Å². The molecular formula is C13H17ClN2O4. The van der Waals surface area contributed by atoms with Crippen molar-refractivity contribution in [2.75, 3.05) is 0 Å². The fourth-order valence-electron chi connectivity index (χ4n) is 1.44. The minimum Gasteiger partial charge on any atom is -0.481 e. The Kier molecular flexibility index (Phi) is 4.94. The number of carbonyl (C=O) groups is 1. The average Bonchev–Trinajstić information content (AvgIpc) is 2.26. The van der Waals surface area contributed by atoms with Gasteiger partial charge in [-0.3, -0.25) is 14.9 Å². The van der Waals surface area contributed by atoms with Gasteiger partial charge in [-0.1, -0.05) is 11.6 Å². The van der Waals surface area contributed by atoms with Gasteiger partial charge < -0.3 is 10.1 Å². The van der Waals surface area contributed by atoms with Crippen molar-refractivity contribution in [3.05, 3.63) is 33.3 Å². The van der Waals surface area contributed by atoms with Crippen LogP contribution in [0.1, 0.15) is 27.7 Å². The van der Waals surface area contributed by atoms with Crippen molar-refractivity contribution < 1.29 is 14.5 Å². The number of nitro groups is 1. The smallest absolute Gasteiger partial charge is 0.288 e. The van der Waals surface area contributed by atoms with Crippen LogP contribution in [0.15, 0.2) is 18.2 Å². The monoisotopic (exact) mass is 300 g/mol. The first-order valence-corrected chi connectivity index (χ1v) is 6.40. The lowest BCUT2D eigenvalue weighted by atomic mass is 10.1. The van der Waals surface area contributed by atoms with Crippen LogP contribution in [0.5, 0.6) is 5.75 Å². The minimum absolute atomic E-state index is 0.0315. The van der Waals surface area contributed by atoms with Crippen molar-refractivity contribution in [1.82, 2.24) is 5.32 Å². The molecule has 110 valence electrons. The Morgan fingerprint density at radius 2 is 2.05 bits per heavy atom. The number of amides is 1. The fourth-order valence-corrected chi connectivity index (χ4v) is 1.68. The Hall–Kier alpha value is -1.82. The van der Waals surface area contributed by atoms with E-state index in [0.29, 0.717) is 5.75 Å². The van der Waals surface area contributed by atoms with E-state index in [1.807, 2.05) is 20.8 Å². The van der Waals surface area contributed by atoms with Crippen molar-refractivity contribution in [3.63, 3.8) is 0 Å². The minimum atomic E-state index is -0.730. The van der Waals surface area contributed by atoms with Gasteiger partial charge in [-0.05, 0) is 33.8 Å². The summed E-state index contributed by atoms with van der Waals surface area (Å²) in [6.07, 6.45) is -0.730. The molecule has 0 aliphatic carbocycles. The van der Waals surface area contributed by atoms with E-state index in [0.717, 1.165) is 0 Å². The van der Waals surface area contributed by atoms with Crippen LogP contribution in [-0.2, 0) is 4.79 Å². The third kappa shape index (κ3) is 4.70. The summed E-state index contributed by atoms with van der Waals surface area (Å²) in [4.78, 5) is 21.9. The lowest BCUT2D eigenvalue weighted by Crippen LogP contribution is -2.46. The number of nitrogens with zero attached hydrogens (tertiary/aromatic N) is 1. The fraction of sp³-hybridized carbons (Fsp3) is 0.462. The predicted octanol–water partition coefficient (Wildman–Crippen LogP) is 2.93. The number of carbonyl (C=O) groups excluding carboxylic acids is 1. The zero-order valence-electron chi connectivity index (χ0n) is 11.8. The van der Waals surface area contributed by atoms with Gasteiger partial charge >= 0.3 is 0 Å². The molecule has 1 aromatic carbocycles. The summed E-state index contributed by atoms with van der Waals surface area (Å²) in [5.41, 5.74) is -0.562.